The molecule has 1 N–H and O–H groups in total. The van der Waals surface area contributed by atoms with Gasteiger partial charge in [0.1, 0.15) is 11.6 Å². The molecule has 1 aliphatic rings. The Bertz CT molecular complexity index is 1400. The van der Waals surface area contributed by atoms with E-state index in [1.165, 1.54) is 23.0 Å². The van der Waals surface area contributed by atoms with Gasteiger partial charge in [-0.2, -0.15) is 14.9 Å². The zero-order valence-corrected chi connectivity index (χ0v) is 19.4. The van der Waals surface area contributed by atoms with E-state index in [4.69, 9.17) is 9.47 Å². The fourth-order valence-corrected chi connectivity index (χ4v) is 4.30. The van der Waals surface area contributed by atoms with E-state index < -0.39 is 0 Å². The van der Waals surface area contributed by atoms with Crippen molar-refractivity contribution in [3.63, 3.8) is 0 Å². The Labute approximate surface area is 200 Å². The molecule has 0 fully saturated rings. The summed E-state index contributed by atoms with van der Waals surface area (Å²) in [5.41, 5.74) is 3.69. The van der Waals surface area contributed by atoms with E-state index in [9.17, 15) is 9.18 Å². The summed E-state index contributed by atoms with van der Waals surface area (Å²) in [5, 5.41) is 15.7. The van der Waals surface area contributed by atoms with Crippen molar-refractivity contribution in [3.8, 4) is 28.7 Å². The first-order valence-corrected chi connectivity index (χ1v) is 11.1. The number of methoxy groups -OCH3 is 1. The smallest absolute Gasteiger partial charge is 0.272 e. The van der Waals surface area contributed by atoms with Gasteiger partial charge >= 0.3 is 0 Å². The fraction of sp³-hybridized carbons (Fsp3) is 0.240. The van der Waals surface area contributed by atoms with Gasteiger partial charge in [-0.05, 0) is 55.8 Å². The first-order chi connectivity index (χ1) is 17.0. The molecule has 0 spiro atoms. The molecule has 9 nitrogen and oxygen atoms in total. The molecule has 0 saturated carbocycles. The molecule has 0 radical (unpaired) electrons. The lowest BCUT2D eigenvalue weighted by atomic mass is 9.85. The van der Waals surface area contributed by atoms with Crippen molar-refractivity contribution in [1.82, 2.24) is 25.0 Å². The Morgan fingerprint density at radius 1 is 1.17 bits per heavy atom. The van der Waals surface area contributed by atoms with Crippen LogP contribution < -0.4 is 14.8 Å². The highest BCUT2D eigenvalue weighted by Crippen LogP contribution is 2.42. The summed E-state index contributed by atoms with van der Waals surface area (Å²) in [7, 11) is 1.59. The summed E-state index contributed by atoms with van der Waals surface area (Å²) in [6.45, 7) is 4.30. The summed E-state index contributed by atoms with van der Waals surface area (Å²) in [4.78, 5) is 17.3. The van der Waals surface area contributed by atoms with Gasteiger partial charge in [-0.25, -0.2) is 9.37 Å². The van der Waals surface area contributed by atoms with E-state index in [1.807, 2.05) is 32.0 Å². The maximum atomic E-state index is 13.3. The first-order valence-electron chi connectivity index (χ1n) is 11.1. The Morgan fingerprint density at radius 3 is 2.71 bits per heavy atom. The van der Waals surface area contributed by atoms with Crippen molar-refractivity contribution >= 4 is 11.7 Å². The Morgan fingerprint density at radius 2 is 1.97 bits per heavy atom. The molecule has 1 amide bonds. The van der Waals surface area contributed by atoms with Crippen molar-refractivity contribution in [2.45, 2.75) is 26.2 Å². The van der Waals surface area contributed by atoms with Crippen molar-refractivity contribution in [1.29, 1.82) is 0 Å². The molecule has 0 bridgehead atoms. The molecule has 3 heterocycles. The van der Waals surface area contributed by atoms with Crippen molar-refractivity contribution in [3.05, 3.63) is 71.3 Å². The van der Waals surface area contributed by atoms with E-state index in [2.05, 4.69) is 25.6 Å². The largest absolute Gasteiger partial charge is 0.493 e. The number of hydrogen-bond donors (Lipinski definition) is 1. The number of ether oxygens (including phenoxy) is 2. The molecule has 0 aliphatic carbocycles. The first kappa shape index (κ1) is 22.5. The number of aryl methyl sites for hydroxylation is 1. The lowest BCUT2D eigenvalue weighted by Crippen LogP contribution is -2.25. The number of amides is 1. The summed E-state index contributed by atoms with van der Waals surface area (Å²) in [6, 6.07) is 11.6. The number of halogens is 1. The van der Waals surface area contributed by atoms with Crippen LogP contribution in [-0.4, -0.2) is 44.6 Å². The van der Waals surface area contributed by atoms with E-state index >= 15 is 0 Å². The van der Waals surface area contributed by atoms with Crippen LogP contribution in [0.25, 0.3) is 17.2 Å². The number of nitrogens with zero attached hydrogens (tertiary/aromatic N) is 5. The molecule has 2 aromatic carbocycles. The SMILES string of the molecule is CCOc1ccc([C@H]2CC(=O)Nc3c2c(C)nn3-c2nncc(-c3ccc(F)cc3)n2)cc1OC. The molecule has 4 aromatic rings. The van der Waals surface area contributed by atoms with Gasteiger partial charge in [0.05, 0.1) is 31.3 Å². The zero-order valence-electron chi connectivity index (χ0n) is 19.4. The highest BCUT2D eigenvalue weighted by atomic mass is 19.1. The molecule has 0 unspecified atom stereocenters. The monoisotopic (exact) mass is 474 g/mol. The predicted octanol–water partition coefficient (Wildman–Crippen LogP) is 4.05. The van der Waals surface area contributed by atoms with Crippen LogP contribution in [-0.2, 0) is 4.79 Å². The van der Waals surface area contributed by atoms with Crippen molar-refractivity contribution < 1.29 is 18.7 Å². The Kier molecular flexibility index (Phi) is 5.86. The molecule has 35 heavy (non-hydrogen) atoms. The molecule has 1 aliphatic heterocycles. The standard InChI is InChI=1S/C25H23FN6O3/c1-4-35-20-10-7-16(11-21(20)34-3)18-12-22(33)29-24-23(18)14(2)31-32(24)25-28-19(13-27-30-25)15-5-8-17(26)9-6-15/h5-11,13,18H,4,12H2,1-3H3,(H,29,33)/t18-/m1/s1. The van der Waals surface area contributed by atoms with Gasteiger partial charge in [-0.3, -0.25) is 4.79 Å². The quantitative estimate of drug-likeness (QED) is 0.450. The van der Waals surface area contributed by atoms with Gasteiger partial charge in [-0.15, -0.1) is 5.10 Å². The third-order valence-corrected chi connectivity index (χ3v) is 5.87. The Balaban J connectivity index is 1.58. The van der Waals surface area contributed by atoms with Crippen LogP contribution in [0.15, 0.2) is 48.7 Å². The van der Waals surface area contributed by atoms with Crippen LogP contribution in [0.4, 0.5) is 10.2 Å². The summed E-state index contributed by atoms with van der Waals surface area (Å²) in [6.07, 6.45) is 1.75. The Hall–Kier alpha value is -4.34. The summed E-state index contributed by atoms with van der Waals surface area (Å²) < 4.78 is 26.0. The molecule has 10 heteroatoms. The van der Waals surface area contributed by atoms with Crippen LogP contribution in [0.1, 0.15) is 36.1 Å². The van der Waals surface area contributed by atoms with E-state index in [1.54, 1.807) is 19.2 Å². The lowest BCUT2D eigenvalue weighted by molar-refractivity contribution is -0.116. The molecule has 5 rings (SSSR count). The second-order valence-electron chi connectivity index (χ2n) is 8.06. The average molecular weight is 474 g/mol. The maximum Gasteiger partial charge on any atom is 0.272 e. The van der Waals surface area contributed by atoms with E-state index in [0.717, 1.165) is 16.8 Å². The van der Waals surface area contributed by atoms with Crippen LogP contribution in [0.5, 0.6) is 11.5 Å². The van der Waals surface area contributed by atoms with Gasteiger partial charge in [0.25, 0.3) is 5.95 Å². The van der Waals surface area contributed by atoms with Crippen molar-refractivity contribution in [2.24, 2.45) is 0 Å². The summed E-state index contributed by atoms with van der Waals surface area (Å²) in [5.74, 6) is 1.19. The number of benzene rings is 2. The predicted molar refractivity (Wildman–Crippen MR) is 126 cm³/mol. The van der Waals surface area contributed by atoms with Crippen LogP contribution in [0, 0.1) is 12.7 Å². The zero-order chi connectivity index (χ0) is 24.5. The van der Waals surface area contributed by atoms with E-state index in [-0.39, 0.29) is 30.0 Å². The van der Waals surface area contributed by atoms with Gasteiger partial charge < -0.3 is 14.8 Å². The third kappa shape index (κ3) is 4.18. The minimum Gasteiger partial charge on any atom is -0.493 e. The molecule has 178 valence electrons. The highest BCUT2D eigenvalue weighted by molar-refractivity contribution is 5.95. The topological polar surface area (TPSA) is 104 Å². The van der Waals surface area contributed by atoms with Crippen LogP contribution >= 0.6 is 0 Å². The molecule has 0 saturated heterocycles. The number of rotatable bonds is 6. The summed E-state index contributed by atoms with van der Waals surface area (Å²) >= 11 is 0. The van der Waals surface area contributed by atoms with Crippen LogP contribution in [0.2, 0.25) is 0 Å². The van der Waals surface area contributed by atoms with Gasteiger partial charge in [0.15, 0.2) is 11.5 Å². The van der Waals surface area contributed by atoms with Gasteiger partial charge in [0.2, 0.25) is 5.91 Å². The normalized spacial score (nSPS) is 14.9. The molecular formula is C25H23FN6O3. The number of hydrogen-bond acceptors (Lipinski definition) is 7. The highest BCUT2D eigenvalue weighted by Gasteiger charge is 2.33. The van der Waals surface area contributed by atoms with E-state index in [0.29, 0.717) is 35.2 Å². The number of anilines is 1. The second kappa shape index (κ2) is 9.13. The number of carbonyl (C=O) groups is 1. The average Bonchev–Trinajstić information content (AvgIpc) is 3.20. The lowest BCUT2D eigenvalue weighted by Gasteiger charge is -2.24. The number of aromatic nitrogens is 5. The number of fused-ring (bicyclic) bond motifs is 1. The number of carbonyl (C=O) groups excluding carboxylic acids is 1. The van der Waals surface area contributed by atoms with Gasteiger partial charge in [-0.1, -0.05) is 6.07 Å². The molecule has 2 aromatic heterocycles. The van der Waals surface area contributed by atoms with Gasteiger partial charge in [0, 0.05) is 23.5 Å². The minimum absolute atomic E-state index is 0.154. The molecule has 1 atom stereocenters. The second-order valence-corrected chi connectivity index (χ2v) is 8.06. The third-order valence-electron chi connectivity index (χ3n) is 5.87. The van der Waals surface area contributed by atoms with Crippen LogP contribution in [0.3, 0.4) is 0 Å². The maximum absolute atomic E-state index is 13.3. The minimum atomic E-state index is -0.340. The number of nitrogens with one attached hydrogen (secondary N) is 1. The fourth-order valence-electron chi connectivity index (χ4n) is 4.30. The molecular weight excluding hydrogens is 451 g/mol. The van der Waals surface area contributed by atoms with Crippen molar-refractivity contribution in [2.75, 3.05) is 19.0 Å².